The number of aliphatic hydroxyl groups is 4. The fourth-order valence-corrected chi connectivity index (χ4v) is 21.9. The SMILES string of the molecule is CC[C@H](C)[C@H]1O[C@]2(C=C[C@@H]1C)C[C@@H]1C[C@@H](C/C=C(\C)[C@@H](O[C@H]3C[C@H](OC)[C@@H](O[C@H]4C[C@H](OC)[C@H](NC)[C@H](C)O4)[C@H](C)O3)[C@@H](C)/C=C/C=C3\CO[C@@H]4[C@H](O)C(C)=C[C@@H](C(=O)O1)[C@]34O)O2.CN[C@@H]1[C@H](C)O[C@@H](O[C@H]2[C@H](C)O[C@@H](O[C@@H]3/C(C)=C/C[C@@H]4C[C@@H](C[C@]5(C=C[C@H](C)[C@@H](C(C)C)O5)O4)OC(=O)[C@@H]4C=C(C)[C@@H](O)[C@H]5OC/C(=C\C=C\[C@@H]3C)[C@]54O)C[C@@H]2OC)C[C@@H]1OC. The monoisotopic (exact) mass is 1760 g/mol. The van der Waals surface area contributed by atoms with Crippen LogP contribution in [0.4, 0.5) is 0 Å². The molecule has 0 aromatic rings. The minimum absolute atomic E-state index is 0.0407. The number of esters is 2. The van der Waals surface area contributed by atoms with Gasteiger partial charge in [0.15, 0.2) is 36.7 Å². The lowest BCUT2D eigenvalue weighted by Gasteiger charge is -2.48. The first-order valence-corrected chi connectivity index (χ1v) is 46.2. The van der Waals surface area contributed by atoms with Crippen LogP contribution in [0.2, 0.25) is 0 Å². The Kier molecular flexibility index (Phi) is 32.6. The number of hydrogen-bond donors (Lipinski definition) is 6. The van der Waals surface area contributed by atoms with Gasteiger partial charge in [-0.05, 0) is 140 Å². The van der Waals surface area contributed by atoms with Crippen LogP contribution >= 0.6 is 0 Å². The topological polar surface area (TPSA) is 324 Å². The molecular weight excluding hydrogens is 1610 g/mol. The van der Waals surface area contributed by atoms with E-state index in [4.69, 9.17) is 94.7 Å². The molecule has 12 aliphatic heterocycles. The number of fused-ring (bicyclic) bond motifs is 4. The van der Waals surface area contributed by atoms with Crippen LogP contribution in [-0.4, -0.2) is 282 Å². The Balaban J connectivity index is 0.000000215. The zero-order chi connectivity index (χ0) is 90.1. The molecule has 2 spiro atoms. The van der Waals surface area contributed by atoms with Crippen molar-refractivity contribution >= 4 is 11.9 Å². The maximum atomic E-state index is 14.4. The van der Waals surface area contributed by atoms with Crippen LogP contribution < -0.4 is 10.6 Å². The van der Waals surface area contributed by atoms with E-state index in [1.165, 1.54) is 0 Å². The smallest absolute Gasteiger partial charge is 0.316 e. The summed E-state index contributed by atoms with van der Waals surface area (Å²) in [7, 11) is 10.6. The average Bonchev–Trinajstić information content (AvgIpc) is 1.60. The maximum absolute atomic E-state index is 14.4. The summed E-state index contributed by atoms with van der Waals surface area (Å²) in [6.45, 7) is 32.7. The summed E-state index contributed by atoms with van der Waals surface area (Å²) in [6.07, 6.45) is 20.5. The van der Waals surface area contributed by atoms with Gasteiger partial charge in [0.25, 0.3) is 0 Å². The van der Waals surface area contributed by atoms with Gasteiger partial charge in [0, 0.05) is 103 Å². The van der Waals surface area contributed by atoms with Gasteiger partial charge >= 0.3 is 11.9 Å². The number of aliphatic hydroxyl groups excluding tert-OH is 2. The molecule has 0 radical (unpaired) electrons. The molecule has 12 heterocycles. The van der Waals surface area contributed by atoms with Crippen LogP contribution in [0.3, 0.4) is 0 Å². The third-order valence-corrected chi connectivity index (χ3v) is 29.2. The quantitative estimate of drug-likeness (QED) is 0.0582. The maximum Gasteiger partial charge on any atom is 0.316 e. The molecule has 14 aliphatic rings. The highest BCUT2D eigenvalue weighted by Crippen LogP contribution is 2.51. The van der Waals surface area contributed by atoms with Gasteiger partial charge < -0.3 is 126 Å². The molecule has 0 amide bonds. The highest BCUT2D eigenvalue weighted by atomic mass is 16.8. The van der Waals surface area contributed by atoms with E-state index in [0.29, 0.717) is 86.5 Å². The van der Waals surface area contributed by atoms with Gasteiger partial charge in [-0.2, -0.15) is 0 Å². The van der Waals surface area contributed by atoms with E-state index in [2.05, 4.69) is 104 Å². The van der Waals surface area contributed by atoms with E-state index in [1.54, 1.807) is 66.6 Å². The summed E-state index contributed by atoms with van der Waals surface area (Å²) in [5.41, 5.74) is 0.355. The standard InChI is InChI=1S/C49H75NO13.C48H73NO13/c1-12-26(2)44-29(5)18-19-48(63-44)24-35-21-34(62-48)17-16-28(4)43(27(3)14-13-15-33-25-56-46-42(51)30(6)20-36(47(52)59-35)49(33,46)53)60-40-23-38(55-11)45(32(8)58-40)61-39-22-37(54-10)41(50-9)31(7)57-39;1-25(2)42-28(5)17-18-47(62-42)23-34-20-33(61-47)16-15-27(4)43(26(3)13-12-14-32-24-55-45-41(50)29(6)19-35(46(51)58-34)48(32,45)52)59-39-22-37(54-11)44(31(8)57-39)60-38-21-36(53-10)40(49-9)30(7)56-38/h13-16,18-20,26-27,29,31-32,34-46,50-51,53H,12,17,21-25H2,1-11H3;12-15,17-19,25-26,28,30-31,33-45,49-50,52H,16,20-24H2,1-11H3/b14-13+,28-16+,33-15+;13-12+,27-15+,32-14+/t26-,27-,29-,31-,32-,34+,35-,36-,37-,38-,39-,40-,41+,42+,43-,44+,45-,46+,48+,49+;26-,28-,30-,31-,33+,34-,35-,36-,37-,38-,39-,40+,41+,42+,43-,44-,45+,47+,48+/m00/s1. The van der Waals surface area contributed by atoms with E-state index in [0.717, 1.165) is 17.6 Å². The Morgan fingerprint density at radius 1 is 0.472 bits per heavy atom. The van der Waals surface area contributed by atoms with Crippen LogP contribution in [-0.2, 0) is 104 Å². The van der Waals surface area contributed by atoms with E-state index in [-0.39, 0.29) is 134 Å². The van der Waals surface area contributed by atoms with Crippen molar-refractivity contribution in [2.75, 3.05) is 55.7 Å². The first-order valence-electron chi connectivity index (χ1n) is 46.2. The molecule has 8 fully saturated rings. The summed E-state index contributed by atoms with van der Waals surface area (Å²) in [5.74, 6) is -5.07. The van der Waals surface area contributed by atoms with Crippen LogP contribution in [0.1, 0.15) is 181 Å². The fourth-order valence-electron chi connectivity index (χ4n) is 21.9. The predicted octanol–water partition coefficient (Wildman–Crippen LogP) is 10.8. The average molecular weight is 1760 g/mol. The van der Waals surface area contributed by atoms with E-state index in [1.807, 2.05) is 78.2 Å². The van der Waals surface area contributed by atoms with Crippen LogP contribution in [0, 0.1) is 47.3 Å². The Bertz CT molecular complexity index is 3970. The van der Waals surface area contributed by atoms with Crippen molar-refractivity contribution in [3.8, 4) is 0 Å². The second-order valence-electron chi connectivity index (χ2n) is 38.4. The molecule has 0 aromatic heterocycles. The second-order valence-corrected chi connectivity index (χ2v) is 38.4. The first-order chi connectivity index (χ1) is 59.5. The number of carbonyl (C=O) groups is 2. The van der Waals surface area contributed by atoms with Gasteiger partial charge in [-0.1, -0.05) is 135 Å². The number of ether oxygens (including phenoxy) is 20. The molecule has 28 nitrogen and oxygen atoms in total. The van der Waals surface area contributed by atoms with Gasteiger partial charge in [-0.25, -0.2) is 0 Å². The number of rotatable bonds is 17. The van der Waals surface area contributed by atoms with E-state index in [9.17, 15) is 30.0 Å². The number of likely N-dealkylation sites (N-methyl/N-ethyl adjacent to an activating group) is 2. The molecule has 8 saturated heterocycles. The lowest BCUT2D eigenvalue weighted by atomic mass is 9.71. The molecule has 125 heavy (non-hydrogen) atoms. The third-order valence-electron chi connectivity index (χ3n) is 29.2. The molecule has 28 heteroatoms. The number of carbonyl (C=O) groups excluding carboxylic acids is 2. The molecular formula is C97H148N2O26. The first kappa shape index (κ1) is 97.9. The second kappa shape index (κ2) is 41.7. The summed E-state index contributed by atoms with van der Waals surface area (Å²) in [6, 6.07) is 0.0887. The minimum Gasteiger partial charge on any atom is -0.462 e. The summed E-state index contributed by atoms with van der Waals surface area (Å²) < 4.78 is 129. The molecule has 4 bridgehead atoms. The molecule has 0 saturated carbocycles. The summed E-state index contributed by atoms with van der Waals surface area (Å²) in [5, 5.41) is 54.1. The Hall–Kier alpha value is -4.62. The number of allylic oxidation sites excluding steroid dienone is 4. The molecule has 39 atom stereocenters. The minimum atomic E-state index is -1.83. The number of nitrogens with one attached hydrogen (secondary N) is 2. The Labute approximate surface area is 741 Å². The largest absolute Gasteiger partial charge is 0.462 e. The van der Waals surface area contributed by atoms with Crippen molar-refractivity contribution < 1.29 is 125 Å². The lowest BCUT2D eigenvalue weighted by molar-refractivity contribution is -0.312. The van der Waals surface area contributed by atoms with Gasteiger partial charge in [0.2, 0.25) is 0 Å². The fraction of sp³-hybridized carbons (Fsp3) is 0.773. The van der Waals surface area contributed by atoms with Gasteiger partial charge in [0.1, 0.15) is 71.9 Å². The predicted molar refractivity (Wildman–Crippen MR) is 464 cm³/mol. The van der Waals surface area contributed by atoms with Crippen molar-refractivity contribution in [3.63, 3.8) is 0 Å². The molecule has 702 valence electrons. The van der Waals surface area contributed by atoms with Crippen molar-refractivity contribution in [3.05, 3.63) is 119 Å². The van der Waals surface area contributed by atoms with Crippen LogP contribution in [0.5, 0.6) is 0 Å². The van der Waals surface area contributed by atoms with E-state index < -0.39 is 133 Å². The zero-order valence-electron chi connectivity index (χ0n) is 77.8. The molecule has 14 rings (SSSR count). The third kappa shape index (κ3) is 21.1. The van der Waals surface area contributed by atoms with Crippen molar-refractivity contribution in [1.29, 1.82) is 0 Å². The van der Waals surface area contributed by atoms with Crippen LogP contribution in [0.15, 0.2) is 119 Å². The normalized spacial score (nSPS) is 48.6. The Morgan fingerprint density at radius 2 is 0.848 bits per heavy atom. The molecule has 0 unspecified atom stereocenters. The summed E-state index contributed by atoms with van der Waals surface area (Å²) in [4.78, 5) is 28.7. The van der Waals surface area contributed by atoms with Crippen molar-refractivity contribution in [2.24, 2.45) is 47.3 Å². The van der Waals surface area contributed by atoms with Gasteiger partial charge in [-0.3, -0.25) is 9.59 Å². The lowest BCUT2D eigenvalue weighted by Crippen LogP contribution is -2.58. The molecule has 6 N–H and O–H groups in total. The van der Waals surface area contributed by atoms with Gasteiger partial charge in [0.05, 0.1) is 111 Å². The highest BCUT2D eigenvalue weighted by Gasteiger charge is 2.63. The molecule has 2 aliphatic carbocycles. The number of hydrogen-bond acceptors (Lipinski definition) is 28. The van der Waals surface area contributed by atoms with Crippen LogP contribution in [0.25, 0.3) is 0 Å². The Morgan fingerprint density at radius 3 is 1.23 bits per heavy atom. The van der Waals surface area contributed by atoms with Crippen molar-refractivity contribution in [1.82, 2.24) is 10.6 Å². The summed E-state index contributed by atoms with van der Waals surface area (Å²) >= 11 is 0. The molecule has 0 aromatic carbocycles. The number of methoxy groups -OCH3 is 4. The van der Waals surface area contributed by atoms with Gasteiger partial charge in [-0.15, -0.1) is 0 Å². The van der Waals surface area contributed by atoms with Crippen molar-refractivity contribution in [2.45, 2.75) is 376 Å². The van der Waals surface area contributed by atoms with E-state index >= 15 is 0 Å². The highest BCUT2D eigenvalue weighted by molar-refractivity contribution is 5.79. The zero-order valence-corrected chi connectivity index (χ0v) is 77.8.